The van der Waals surface area contributed by atoms with E-state index in [2.05, 4.69) is 5.32 Å². The van der Waals surface area contributed by atoms with Crippen molar-refractivity contribution in [3.8, 4) is 11.5 Å². The molecule has 0 radical (unpaired) electrons. The number of phenolic OH excluding ortho intramolecular Hbond substituents is 2. The summed E-state index contributed by atoms with van der Waals surface area (Å²) < 4.78 is 10.8. The summed E-state index contributed by atoms with van der Waals surface area (Å²) >= 11 is 0. The Kier molecular flexibility index (Phi) is 5.28. The highest BCUT2D eigenvalue weighted by Gasteiger charge is 2.01. The van der Waals surface area contributed by atoms with Crippen LogP contribution in [0.15, 0.2) is 18.2 Å². The van der Waals surface area contributed by atoms with Crippen molar-refractivity contribution in [1.29, 1.82) is 0 Å². The normalized spacial score (nSPS) is 12.6. The Morgan fingerprint density at radius 3 is 2.75 bits per heavy atom. The van der Waals surface area contributed by atoms with Crippen molar-refractivity contribution in [3.05, 3.63) is 23.8 Å². The number of hydrogen-bond acceptors (Lipinski definition) is 4. The summed E-state index contributed by atoms with van der Waals surface area (Å²) in [6, 6.07) is 4.53. The molecule has 0 aliphatic heterocycles. The third-order valence-corrected chi connectivity index (χ3v) is 3.03. The van der Waals surface area contributed by atoms with E-state index in [0.717, 1.165) is 18.5 Å². The van der Waals surface area contributed by atoms with Crippen LogP contribution in [0.25, 0.3) is 0 Å². The van der Waals surface area contributed by atoms with Crippen LogP contribution in [0.4, 0.5) is 0 Å². The SMILES string of the molecule is CS(=O)CCCNCc1ccc(O)cc1O. The smallest absolute Gasteiger partial charge is 0.123 e. The lowest BCUT2D eigenvalue weighted by Crippen LogP contribution is -2.16. The van der Waals surface area contributed by atoms with Crippen molar-refractivity contribution < 1.29 is 14.4 Å². The lowest BCUT2D eigenvalue weighted by Gasteiger charge is -2.06. The highest BCUT2D eigenvalue weighted by Crippen LogP contribution is 2.21. The van der Waals surface area contributed by atoms with Crippen LogP contribution in [-0.2, 0) is 17.3 Å². The molecule has 0 saturated carbocycles. The van der Waals surface area contributed by atoms with E-state index in [-0.39, 0.29) is 11.5 Å². The molecule has 0 spiro atoms. The van der Waals surface area contributed by atoms with Crippen molar-refractivity contribution in [1.82, 2.24) is 5.32 Å². The molecule has 0 bridgehead atoms. The molecule has 1 atom stereocenters. The van der Waals surface area contributed by atoms with E-state index in [1.54, 1.807) is 12.3 Å². The van der Waals surface area contributed by atoms with Gasteiger partial charge < -0.3 is 15.5 Å². The van der Waals surface area contributed by atoms with Gasteiger partial charge in [-0.05, 0) is 19.0 Å². The first kappa shape index (κ1) is 13.0. The van der Waals surface area contributed by atoms with Crippen LogP contribution in [0.2, 0.25) is 0 Å². The van der Waals surface area contributed by atoms with Gasteiger partial charge in [0.05, 0.1) is 0 Å². The summed E-state index contributed by atoms with van der Waals surface area (Å²) in [5, 5.41) is 21.7. The molecule has 90 valence electrons. The monoisotopic (exact) mass is 243 g/mol. The van der Waals surface area contributed by atoms with E-state index >= 15 is 0 Å². The number of phenols is 2. The molecule has 0 heterocycles. The van der Waals surface area contributed by atoms with E-state index < -0.39 is 10.8 Å². The minimum absolute atomic E-state index is 0.0580. The van der Waals surface area contributed by atoms with Crippen LogP contribution in [0.1, 0.15) is 12.0 Å². The number of rotatable bonds is 6. The second-order valence-corrected chi connectivity index (χ2v) is 5.18. The quantitative estimate of drug-likeness (QED) is 0.651. The van der Waals surface area contributed by atoms with Crippen LogP contribution in [0, 0.1) is 0 Å². The van der Waals surface area contributed by atoms with Gasteiger partial charge in [-0.3, -0.25) is 4.21 Å². The molecule has 16 heavy (non-hydrogen) atoms. The molecule has 1 unspecified atom stereocenters. The summed E-state index contributed by atoms with van der Waals surface area (Å²) in [4.78, 5) is 0. The predicted molar refractivity (Wildman–Crippen MR) is 65.0 cm³/mol. The minimum Gasteiger partial charge on any atom is -0.508 e. The van der Waals surface area contributed by atoms with Gasteiger partial charge in [-0.2, -0.15) is 0 Å². The Balaban J connectivity index is 2.29. The van der Waals surface area contributed by atoms with Crippen molar-refractivity contribution in [3.63, 3.8) is 0 Å². The number of hydrogen-bond donors (Lipinski definition) is 3. The summed E-state index contributed by atoms with van der Waals surface area (Å²) in [6.07, 6.45) is 2.54. The van der Waals surface area contributed by atoms with E-state index in [4.69, 9.17) is 5.11 Å². The highest BCUT2D eigenvalue weighted by molar-refractivity contribution is 7.84. The molecule has 5 heteroatoms. The van der Waals surface area contributed by atoms with E-state index in [1.807, 2.05) is 0 Å². The van der Waals surface area contributed by atoms with Gasteiger partial charge >= 0.3 is 0 Å². The Hall–Kier alpha value is -1.07. The number of nitrogens with one attached hydrogen (secondary N) is 1. The fourth-order valence-electron chi connectivity index (χ4n) is 1.33. The fourth-order valence-corrected chi connectivity index (χ4v) is 1.88. The summed E-state index contributed by atoms with van der Waals surface area (Å²) in [5.41, 5.74) is 0.746. The first-order chi connectivity index (χ1) is 7.59. The molecular weight excluding hydrogens is 226 g/mol. The molecule has 1 aromatic carbocycles. The minimum atomic E-state index is -0.743. The zero-order chi connectivity index (χ0) is 12.0. The zero-order valence-corrected chi connectivity index (χ0v) is 10.1. The fraction of sp³-hybridized carbons (Fsp3) is 0.455. The average Bonchev–Trinajstić information content (AvgIpc) is 2.20. The van der Waals surface area contributed by atoms with Crippen LogP contribution in [0.5, 0.6) is 11.5 Å². The van der Waals surface area contributed by atoms with Gasteiger partial charge in [-0.25, -0.2) is 0 Å². The van der Waals surface area contributed by atoms with Crippen molar-refractivity contribution in [2.45, 2.75) is 13.0 Å². The largest absolute Gasteiger partial charge is 0.508 e. The first-order valence-corrected chi connectivity index (χ1v) is 6.84. The molecule has 0 fully saturated rings. The van der Waals surface area contributed by atoms with Crippen LogP contribution >= 0.6 is 0 Å². The summed E-state index contributed by atoms with van der Waals surface area (Å²) in [5.74, 6) is 0.836. The molecule has 0 aromatic heterocycles. The number of benzene rings is 1. The van der Waals surface area contributed by atoms with Gasteiger partial charge in [0.15, 0.2) is 0 Å². The van der Waals surface area contributed by atoms with E-state index in [9.17, 15) is 9.32 Å². The Morgan fingerprint density at radius 2 is 2.12 bits per heavy atom. The molecule has 0 aliphatic carbocycles. The zero-order valence-electron chi connectivity index (χ0n) is 9.27. The van der Waals surface area contributed by atoms with Gasteiger partial charge in [0.1, 0.15) is 11.5 Å². The molecule has 0 amide bonds. The van der Waals surface area contributed by atoms with Crippen LogP contribution in [-0.4, -0.2) is 33.0 Å². The lowest BCUT2D eigenvalue weighted by atomic mass is 10.2. The topological polar surface area (TPSA) is 69.6 Å². The van der Waals surface area contributed by atoms with Crippen LogP contribution < -0.4 is 5.32 Å². The predicted octanol–water partition coefficient (Wildman–Crippen LogP) is 0.956. The molecule has 3 N–H and O–H groups in total. The molecule has 0 aliphatic rings. The molecular formula is C11H17NO3S. The molecule has 0 saturated heterocycles. The van der Waals surface area contributed by atoms with Crippen molar-refractivity contribution >= 4 is 10.8 Å². The van der Waals surface area contributed by atoms with Gasteiger partial charge in [-0.1, -0.05) is 6.07 Å². The standard InChI is InChI=1S/C11H17NO3S/c1-16(15)6-2-5-12-8-9-3-4-10(13)7-11(9)14/h3-4,7,12-14H,2,5-6,8H2,1H3. The van der Waals surface area contributed by atoms with Gasteiger partial charge in [0.2, 0.25) is 0 Å². The molecule has 4 nitrogen and oxygen atoms in total. The van der Waals surface area contributed by atoms with Crippen molar-refractivity contribution in [2.24, 2.45) is 0 Å². The third kappa shape index (κ3) is 4.63. The Labute approximate surface area is 97.8 Å². The maximum absolute atomic E-state index is 10.8. The maximum Gasteiger partial charge on any atom is 0.123 e. The third-order valence-electron chi connectivity index (χ3n) is 2.17. The highest BCUT2D eigenvalue weighted by atomic mass is 32.2. The summed E-state index contributed by atoms with van der Waals surface area (Å²) in [6.45, 7) is 1.31. The van der Waals surface area contributed by atoms with E-state index in [1.165, 1.54) is 12.1 Å². The molecule has 1 aromatic rings. The van der Waals surface area contributed by atoms with Crippen LogP contribution in [0.3, 0.4) is 0 Å². The Bertz CT molecular complexity index is 368. The van der Waals surface area contributed by atoms with Gasteiger partial charge in [0, 0.05) is 41.0 Å². The first-order valence-electron chi connectivity index (χ1n) is 5.11. The Morgan fingerprint density at radius 1 is 1.38 bits per heavy atom. The second kappa shape index (κ2) is 6.50. The number of aromatic hydroxyl groups is 2. The van der Waals surface area contributed by atoms with Crippen molar-refractivity contribution in [2.75, 3.05) is 18.6 Å². The van der Waals surface area contributed by atoms with E-state index in [0.29, 0.717) is 12.3 Å². The maximum atomic E-state index is 10.8. The summed E-state index contributed by atoms with van der Waals surface area (Å²) in [7, 11) is -0.743. The van der Waals surface area contributed by atoms with Gasteiger partial charge in [-0.15, -0.1) is 0 Å². The molecule has 1 rings (SSSR count). The van der Waals surface area contributed by atoms with Gasteiger partial charge in [0.25, 0.3) is 0 Å². The second-order valence-electron chi connectivity index (χ2n) is 3.62. The lowest BCUT2D eigenvalue weighted by molar-refractivity contribution is 0.444. The average molecular weight is 243 g/mol.